The monoisotopic (exact) mass is 429 g/mol. The second-order valence-electron chi connectivity index (χ2n) is 7.76. The number of benzene rings is 4. The van der Waals surface area contributed by atoms with Crippen molar-refractivity contribution < 1.29 is 9.53 Å². The molecule has 3 nitrogen and oxygen atoms in total. The summed E-state index contributed by atoms with van der Waals surface area (Å²) in [5, 5.41) is 2.14. The molecular weight excluding hydrogens is 406 g/mol. The van der Waals surface area contributed by atoms with Gasteiger partial charge in [-0.3, -0.25) is 0 Å². The summed E-state index contributed by atoms with van der Waals surface area (Å²) in [7, 11) is 0. The molecule has 33 heavy (non-hydrogen) atoms. The Bertz CT molecular complexity index is 1420. The molecule has 0 aliphatic heterocycles. The number of carbonyl (C=O) groups excluding carboxylic acids is 1. The van der Waals surface area contributed by atoms with Gasteiger partial charge in [0, 0.05) is 16.7 Å². The van der Waals surface area contributed by atoms with Crippen molar-refractivity contribution in [2.24, 2.45) is 0 Å². The molecule has 0 aliphatic rings. The fraction of sp³-hybridized carbons (Fsp3) is 0.0667. The third kappa shape index (κ3) is 4.01. The summed E-state index contributed by atoms with van der Waals surface area (Å²) in [5.74, 6) is -0.369. The SMILES string of the molecule is CCOC(=O)c1c(-c2ccccc2)cc(-c2ccccc2)nc1-c1cccc2ccccc12. The average Bonchev–Trinajstić information content (AvgIpc) is 2.89. The zero-order valence-electron chi connectivity index (χ0n) is 18.4. The minimum Gasteiger partial charge on any atom is -0.462 e. The molecule has 5 aromatic rings. The molecule has 0 saturated heterocycles. The molecule has 4 aromatic carbocycles. The van der Waals surface area contributed by atoms with Gasteiger partial charge in [-0.25, -0.2) is 9.78 Å². The number of pyridine rings is 1. The first kappa shape index (κ1) is 20.7. The van der Waals surface area contributed by atoms with E-state index in [-0.39, 0.29) is 5.97 Å². The lowest BCUT2D eigenvalue weighted by atomic mass is 9.92. The molecule has 1 aromatic heterocycles. The summed E-state index contributed by atoms with van der Waals surface area (Å²) < 4.78 is 5.53. The number of carbonyl (C=O) groups is 1. The Morgan fingerprint density at radius 1 is 0.727 bits per heavy atom. The lowest BCUT2D eigenvalue weighted by Crippen LogP contribution is -2.11. The van der Waals surface area contributed by atoms with E-state index in [0.29, 0.717) is 17.9 Å². The molecule has 0 bridgehead atoms. The van der Waals surface area contributed by atoms with Crippen molar-refractivity contribution in [1.29, 1.82) is 0 Å². The van der Waals surface area contributed by atoms with Gasteiger partial charge in [0.2, 0.25) is 0 Å². The van der Waals surface area contributed by atoms with Crippen LogP contribution in [-0.4, -0.2) is 17.6 Å². The molecule has 0 radical (unpaired) electrons. The smallest absolute Gasteiger partial charge is 0.340 e. The number of ether oxygens (including phenoxy) is 1. The van der Waals surface area contributed by atoms with E-state index in [2.05, 4.69) is 18.2 Å². The van der Waals surface area contributed by atoms with E-state index < -0.39 is 0 Å². The maximum Gasteiger partial charge on any atom is 0.340 e. The van der Waals surface area contributed by atoms with Gasteiger partial charge in [-0.15, -0.1) is 0 Å². The maximum absolute atomic E-state index is 13.4. The summed E-state index contributed by atoms with van der Waals surface area (Å²) in [5.41, 5.74) is 5.58. The summed E-state index contributed by atoms with van der Waals surface area (Å²) in [4.78, 5) is 18.4. The third-order valence-electron chi connectivity index (χ3n) is 5.70. The van der Waals surface area contributed by atoms with Crippen molar-refractivity contribution >= 4 is 16.7 Å². The van der Waals surface area contributed by atoms with Crippen molar-refractivity contribution in [2.75, 3.05) is 6.61 Å². The van der Waals surface area contributed by atoms with Gasteiger partial charge < -0.3 is 4.74 Å². The number of rotatable bonds is 5. The zero-order chi connectivity index (χ0) is 22.6. The number of hydrogen-bond donors (Lipinski definition) is 0. The Balaban J connectivity index is 1.89. The molecular formula is C30H23NO2. The fourth-order valence-corrected chi connectivity index (χ4v) is 4.18. The van der Waals surface area contributed by atoms with Gasteiger partial charge in [0.05, 0.1) is 23.6 Å². The van der Waals surface area contributed by atoms with Crippen LogP contribution in [0.2, 0.25) is 0 Å². The molecule has 0 N–H and O–H groups in total. The minimum absolute atomic E-state index is 0.294. The lowest BCUT2D eigenvalue weighted by molar-refractivity contribution is 0.0528. The predicted molar refractivity (Wildman–Crippen MR) is 134 cm³/mol. The fourth-order valence-electron chi connectivity index (χ4n) is 4.18. The molecule has 0 amide bonds. The van der Waals surface area contributed by atoms with E-state index in [1.54, 1.807) is 0 Å². The molecule has 1 heterocycles. The van der Waals surface area contributed by atoms with Crippen molar-refractivity contribution in [3.63, 3.8) is 0 Å². The van der Waals surface area contributed by atoms with Crippen LogP contribution in [0, 0.1) is 0 Å². The highest BCUT2D eigenvalue weighted by Gasteiger charge is 2.24. The van der Waals surface area contributed by atoms with Crippen LogP contribution in [0.4, 0.5) is 0 Å². The van der Waals surface area contributed by atoms with Crippen LogP contribution in [0.3, 0.4) is 0 Å². The molecule has 0 saturated carbocycles. The van der Waals surface area contributed by atoms with E-state index in [0.717, 1.165) is 38.7 Å². The Hall–Kier alpha value is -4.24. The molecule has 160 valence electrons. The van der Waals surface area contributed by atoms with Gasteiger partial charge in [-0.1, -0.05) is 103 Å². The Morgan fingerprint density at radius 2 is 1.36 bits per heavy atom. The molecule has 0 atom stereocenters. The Labute approximate surface area is 193 Å². The van der Waals surface area contributed by atoms with Crippen molar-refractivity contribution in [3.8, 4) is 33.6 Å². The highest BCUT2D eigenvalue weighted by atomic mass is 16.5. The molecule has 0 aliphatic carbocycles. The molecule has 3 heteroatoms. The molecule has 0 spiro atoms. The van der Waals surface area contributed by atoms with Gasteiger partial charge in [-0.2, -0.15) is 0 Å². The number of fused-ring (bicyclic) bond motifs is 1. The number of hydrogen-bond acceptors (Lipinski definition) is 3. The maximum atomic E-state index is 13.4. The summed E-state index contributed by atoms with van der Waals surface area (Å²) in [6.45, 7) is 2.12. The van der Waals surface area contributed by atoms with Crippen LogP contribution in [0.15, 0.2) is 109 Å². The molecule has 0 fully saturated rings. The first-order valence-electron chi connectivity index (χ1n) is 11.1. The quantitative estimate of drug-likeness (QED) is 0.273. The van der Waals surface area contributed by atoms with Crippen LogP contribution in [0.25, 0.3) is 44.4 Å². The van der Waals surface area contributed by atoms with E-state index in [9.17, 15) is 4.79 Å². The lowest BCUT2D eigenvalue weighted by Gasteiger charge is -2.17. The van der Waals surface area contributed by atoms with Crippen LogP contribution in [0.1, 0.15) is 17.3 Å². The highest BCUT2D eigenvalue weighted by molar-refractivity contribution is 6.07. The first-order chi connectivity index (χ1) is 16.3. The highest BCUT2D eigenvalue weighted by Crippen LogP contribution is 2.38. The van der Waals surface area contributed by atoms with Gasteiger partial charge in [0.1, 0.15) is 0 Å². The second kappa shape index (κ2) is 9.09. The van der Waals surface area contributed by atoms with Crippen LogP contribution in [-0.2, 0) is 4.74 Å². The van der Waals surface area contributed by atoms with Crippen LogP contribution in [0.5, 0.6) is 0 Å². The predicted octanol–water partition coefficient (Wildman–Crippen LogP) is 7.41. The third-order valence-corrected chi connectivity index (χ3v) is 5.70. The van der Waals surface area contributed by atoms with E-state index in [1.165, 1.54) is 0 Å². The number of aromatic nitrogens is 1. The van der Waals surface area contributed by atoms with Crippen molar-refractivity contribution in [3.05, 3.63) is 115 Å². The van der Waals surface area contributed by atoms with Gasteiger partial charge in [0.15, 0.2) is 0 Å². The zero-order valence-corrected chi connectivity index (χ0v) is 18.4. The van der Waals surface area contributed by atoms with Crippen LogP contribution < -0.4 is 0 Å². The summed E-state index contributed by atoms with van der Waals surface area (Å²) >= 11 is 0. The number of esters is 1. The number of nitrogens with zero attached hydrogens (tertiary/aromatic N) is 1. The van der Waals surface area contributed by atoms with E-state index in [4.69, 9.17) is 9.72 Å². The van der Waals surface area contributed by atoms with E-state index >= 15 is 0 Å². The molecule has 5 rings (SSSR count). The van der Waals surface area contributed by atoms with Crippen molar-refractivity contribution in [2.45, 2.75) is 6.92 Å². The van der Waals surface area contributed by atoms with Gasteiger partial charge in [-0.05, 0) is 29.3 Å². The molecule has 0 unspecified atom stereocenters. The Morgan fingerprint density at radius 3 is 2.09 bits per heavy atom. The van der Waals surface area contributed by atoms with Gasteiger partial charge >= 0.3 is 5.97 Å². The summed E-state index contributed by atoms with van der Waals surface area (Å²) in [6, 6.07) is 36.3. The standard InChI is InChI=1S/C30H23NO2/c1-2-33-30(32)28-26(22-12-5-3-6-13-22)20-27(23-15-7-4-8-16-23)31-29(28)25-19-11-17-21-14-9-10-18-24(21)25/h3-20H,2H2,1H3. The Kier molecular flexibility index (Phi) is 5.69. The minimum atomic E-state index is -0.369. The van der Waals surface area contributed by atoms with E-state index in [1.807, 2.05) is 97.9 Å². The topological polar surface area (TPSA) is 39.2 Å². The summed E-state index contributed by atoms with van der Waals surface area (Å²) in [6.07, 6.45) is 0. The largest absolute Gasteiger partial charge is 0.462 e. The second-order valence-corrected chi connectivity index (χ2v) is 7.76. The van der Waals surface area contributed by atoms with Crippen molar-refractivity contribution in [1.82, 2.24) is 4.98 Å². The van der Waals surface area contributed by atoms with Gasteiger partial charge in [0.25, 0.3) is 0 Å². The van der Waals surface area contributed by atoms with Crippen LogP contribution >= 0.6 is 0 Å². The first-order valence-corrected chi connectivity index (χ1v) is 11.1. The normalized spacial score (nSPS) is 10.8. The average molecular weight is 430 g/mol.